The van der Waals surface area contributed by atoms with Crippen LogP contribution in [0.4, 0.5) is 0 Å². The van der Waals surface area contributed by atoms with E-state index in [2.05, 4.69) is 93.7 Å². The summed E-state index contributed by atoms with van der Waals surface area (Å²) < 4.78 is 16.9. The maximum absolute atomic E-state index is 12.9. The fraction of sp³-hybridized carbons (Fsp3) is 0.769. The lowest BCUT2D eigenvalue weighted by atomic mass is 10.0. The Morgan fingerprint density at radius 2 is 0.563 bits per heavy atom. The Labute approximate surface area is 440 Å². The summed E-state index contributed by atoms with van der Waals surface area (Å²) in [5, 5.41) is 0. The minimum atomic E-state index is -0.779. The van der Waals surface area contributed by atoms with Crippen LogP contribution in [0.5, 0.6) is 0 Å². The van der Waals surface area contributed by atoms with E-state index in [0.717, 1.165) is 103 Å². The van der Waals surface area contributed by atoms with Gasteiger partial charge in [0.05, 0.1) is 0 Å². The fourth-order valence-corrected chi connectivity index (χ4v) is 8.63. The zero-order valence-corrected chi connectivity index (χ0v) is 47.0. The second kappa shape index (κ2) is 59.4. The van der Waals surface area contributed by atoms with Crippen molar-refractivity contribution < 1.29 is 28.6 Å². The van der Waals surface area contributed by atoms with Crippen molar-refractivity contribution in [1.29, 1.82) is 0 Å². The largest absolute Gasteiger partial charge is 0.462 e. The van der Waals surface area contributed by atoms with Crippen molar-refractivity contribution in [2.75, 3.05) is 13.2 Å². The number of esters is 3. The van der Waals surface area contributed by atoms with E-state index < -0.39 is 6.10 Å². The maximum Gasteiger partial charge on any atom is 0.306 e. The number of hydrogen-bond acceptors (Lipinski definition) is 6. The van der Waals surface area contributed by atoms with Crippen LogP contribution in [0, 0.1) is 0 Å². The van der Waals surface area contributed by atoms with Crippen molar-refractivity contribution >= 4 is 17.9 Å². The van der Waals surface area contributed by atoms with Crippen LogP contribution in [-0.2, 0) is 28.6 Å². The molecule has 0 N–H and O–H groups in total. The van der Waals surface area contributed by atoms with Gasteiger partial charge in [-0.25, -0.2) is 0 Å². The Hall–Kier alpha value is -3.15. The summed E-state index contributed by atoms with van der Waals surface area (Å²) in [5.74, 6) is -0.881. The van der Waals surface area contributed by atoms with E-state index in [1.54, 1.807) is 0 Å². The molecule has 1 unspecified atom stereocenters. The first-order chi connectivity index (χ1) is 35.0. The summed E-state index contributed by atoms with van der Waals surface area (Å²) in [6, 6.07) is 0. The lowest BCUT2D eigenvalue weighted by Gasteiger charge is -2.18. The average molecular weight is 992 g/mol. The molecule has 0 heterocycles. The molecule has 0 aromatic rings. The molecule has 6 nitrogen and oxygen atoms in total. The van der Waals surface area contributed by atoms with Crippen molar-refractivity contribution in [2.24, 2.45) is 0 Å². The minimum Gasteiger partial charge on any atom is -0.462 e. The van der Waals surface area contributed by atoms with Crippen LogP contribution >= 0.6 is 0 Å². The summed E-state index contributed by atoms with van der Waals surface area (Å²) in [6.07, 6.45) is 76.2. The summed E-state index contributed by atoms with van der Waals surface area (Å²) in [4.78, 5) is 38.2. The molecule has 0 amide bonds. The van der Waals surface area contributed by atoms with Gasteiger partial charge in [0.25, 0.3) is 0 Å². The minimum absolute atomic E-state index is 0.0785. The van der Waals surface area contributed by atoms with Crippen molar-refractivity contribution in [3.05, 3.63) is 72.9 Å². The Balaban J connectivity index is 4.28. The van der Waals surface area contributed by atoms with Gasteiger partial charge in [0.15, 0.2) is 6.10 Å². The molecule has 6 heteroatoms. The predicted molar refractivity (Wildman–Crippen MR) is 307 cm³/mol. The second-order valence-electron chi connectivity index (χ2n) is 20.2. The Bertz CT molecular complexity index is 1320. The van der Waals surface area contributed by atoms with E-state index >= 15 is 0 Å². The molecule has 0 aliphatic carbocycles. The van der Waals surface area contributed by atoms with Gasteiger partial charge in [-0.3, -0.25) is 14.4 Å². The molecule has 0 radical (unpaired) electrons. The number of allylic oxidation sites excluding steroid dienone is 12. The van der Waals surface area contributed by atoms with E-state index in [0.29, 0.717) is 19.3 Å². The summed E-state index contributed by atoms with van der Waals surface area (Å²) in [5.41, 5.74) is 0. The van der Waals surface area contributed by atoms with Crippen LogP contribution < -0.4 is 0 Å². The first-order valence-corrected chi connectivity index (χ1v) is 30.4. The molecule has 0 bridgehead atoms. The van der Waals surface area contributed by atoms with Crippen LogP contribution in [0.15, 0.2) is 72.9 Å². The van der Waals surface area contributed by atoms with Crippen molar-refractivity contribution in [3.8, 4) is 0 Å². The molecule has 0 saturated carbocycles. The number of ether oxygens (including phenoxy) is 3. The van der Waals surface area contributed by atoms with Crippen molar-refractivity contribution in [1.82, 2.24) is 0 Å². The quantitative estimate of drug-likeness (QED) is 0.0261. The molecule has 410 valence electrons. The third kappa shape index (κ3) is 57.6. The molecule has 0 spiro atoms. The lowest BCUT2D eigenvalue weighted by Crippen LogP contribution is -2.30. The van der Waals surface area contributed by atoms with Gasteiger partial charge in [-0.15, -0.1) is 0 Å². The van der Waals surface area contributed by atoms with Gasteiger partial charge in [-0.05, 0) is 83.5 Å². The fourth-order valence-electron chi connectivity index (χ4n) is 8.63. The van der Waals surface area contributed by atoms with Gasteiger partial charge < -0.3 is 14.2 Å². The highest BCUT2D eigenvalue weighted by atomic mass is 16.6. The van der Waals surface area contributed by atoms with Crippen molar-refractivity contribution in [3.63, 3.8) is 0 Å². The Morgan fingerprint density at radius 3 is 0.915 bits per heavy atom. The highest BCUT2D eigenvalue weighted by Gasteiger charge is 2.19. The van der Waals surface area contributed by atoms with Crippen LogP contribution in [0.2, 0.25) is 0 Å². The lowest BCUT2D eigenvalue weighted by molar-refractivity contribution is -0.167. The number of hydrogen-bond donors (Lipinski definition) is 0. The van der Waals surface area contributed by atoms with Gasteiger partial charge >= 0.3 is 17.9 Å². The van der Waals surface area contributed by atoms with Gasteiger partial charge in [-0.2, -0.15) is 0 Å². The summed E-state index contributed by atoms with van der Waals surface area (Å²) in [6.45, 7) is 6.51. The highest BCUT2D eigenvalue weighted by molar-refractivity contribution is 5.71. The van der Waals surface area contributed by atoms with E-state index in [1.807, 2.05) is 0 Å². The molecule has 0 aromatic carbocycles. The molecule has 0 fully saturated rings. The Kier molecular flexibility index (Phi) is 56.8. The zero-order valence-electron chi connectivity index (χ0n) is 47.0. The third-order valence-electron chi connectivity index (χ3n) is 13.2. The molecule has 0 aromatic heterocycles. The molecule has 71 heavy (non-hydrogen) atoms. The van der Waals surface area contributed by atoms with Crippen LogP contribution in [0.3, 0.4) is 0 Å². The van der Waals surface area contributed by atoms with E-state index in [9.17, 15) is 14.4 Å². The number of rotatable bonds is 55. The topological polar surface area (TPSA) is 78.9 Å². The first-order valence-electron chi connectivity index (χ1n) is 30.4. The molecule has 1 atom stereocenters. The summed E-state index contributed by atoms with van der Waals surface area (Å²) >= 11 is 0. The maximum atomic E-state index is 12.9. The number of carbonyl (C=O) groups is 3. The molecule has 0 saturated heterocycles. The molecule has 0 aliphatic heterocycles. The predicted octanol–water partition coefficient (Wildman–Crippen LogP) is 20.5. The van der Waals surface area contributed by atoms with Gasteiger partial charge in [0.2, 0.25) is 0 Å². The van der Waals surface area contributed by atoms with Gasteiger partial charge in [-0.1, -0.05) is 273 Å². The molecular formula is C65H114O6. The van der Waals surface area contributed by atoms with Crippen LogP contribution in [-0.4, -0.2) is 37.2 Å². The smallest absolute Gasteiger partial charge is 0.306 e. The van der Waals surface area contributed by atoms with E-state index in [-0.39, 0.29) is 31.1 Å². The second-order valence-corrected chi connectivity index (χ2v) is 20.2. The normalized spacial score (nSPS) is 12.5. The molecule has 0 aliphatic rings. The molecule has 0 rings (SSSR count). The SMILES string of the molecule is CC/C=C\C/C=C\C/C=C\C/C=C\C/C=C\CCCCCCCCCCCC(=O)OCC(COC(=O)CCCCCCC/C=C\CCCC)OC(=O)CCCCCCCCCCCCCCCCCCC. The number of unbranched alkanes of at least 4 members (excludes halogenated alkanes) is 32. The number of carbonyl (C=O) groups excluding carboxylic acids is 3. The van der Waals surface area contributed by atoms with Crippen molar-refractivity contribution in [2.45, 2.75) is 309 Å². The zero-order chi connectivity index (χ0) is 51.4. The van der Waals surface area contributed by atoms with Crippen LogP contribution in [0.25, 0.3) is 0 Å². The third-order valence-corrected chi connectivity index (χ3v) is 13.2. The Morgan fingerprint density at radius 1 is 0.296 bits per heavy atom. The van der Waals surface area contributed by atoms with E-state index in [1.165, 1.54) is 161 Å². The summed E-state index contributed by atoms with van der Waals surface area (Å²) in [7, 11) is 0. The standard InChI is InChI=1S/C65H114O6/c1-4-7-10-13-16-19-22-24-26-28-29-30-31-32-33-34-35-37-38-40-43-46-49-52-55-58-64(67)70-61-62(60-69-63(66)57-54-51-48-45-42-21-18-15-12-9-6-3)71-65(68)59-56-53-50-47-44-41-39-36-27-25-23-20-17-14-11-8-5-2/h7,10,15-16,18-19,24,26,29-30,32-33,62H,4-6,8-9,11-14,17,20-23,25,27-28,31,34-61H2,1-3H3/b10-7-,18-15-,19-16-,26-24-,30-29-,33-32-. The van der Waals surface area contributed by atoms with Gasteiger partial charge in [0.1, 0.15) is 13.2 Å². The monoisotopic (exact) mass is 991 g/mol. The first kappa shape index (κ1) is 67.8. The highest BCUT2D eigenvalue weighted by Crippen LogP contribution is 2.16. The van der Waals surface area contributed by atoms with Gasteiger partial charge in [0, 0.05) is 19.3 Å². The molecular weight excluding hydrogens is 877 g/mol. The van der Waals surface area contributed by atoms with Crippen LogP contribution in [0.1, 0.15) is 303 Å². The average Bonchev–Trinajstić information content (AvgIpc) is 3.37. The van der Waals surface area contributed by atoms with E-state index in [4.69, 9.17) is 14.2 Å².